The van der Waals surface area contributed by atoms with E-state index in [-0.39, 0.29) is 4.59 Å². The first kappa shape index (κ1) is 21.1. The largest absolute Gasteiger partial charge is 0.298 e. The van der Waals surface area contributed by atoms with Gasteiger partial charge >= 0.3 is 0 Å². The Kier molecular flexibility index (Phi) is 5.29. The van der Waals surface area contributed by atoms with Crippen molar-refractivity contribution in [2.45, 2.75) is 19.4 Å². The molecule has 0 atom stereocenters. The molecule has 0 saturated heterocycles. The Morgan fingerprint density at radius 3 is 1.58 bits per heavy atom. The normalized spacial score (nSPS) is 16.2. The van der Waals surface area contributed by atoms with Gasteiger partial charge in [-0.15, -0.1) is 5.43 Å². The maximum absolute atomic E-state index is 12.8. The summed E-state index contributed by atoms with van der Waals surface area (Å²) in [5.41, 5.74) is 10.3. The van der Waals surface area contributed by atoms with E-state index in [9.17, 15) is 4.79 Å². The number of hydrogen-bond acceptors (Lipinski definition) is 2. The number of quaternary nitrogens is 1. The monoisotopic (exact) mass is 431 g/mol. The predicted molar refractivity (Wildman–Crippen MR) is 135 cm³/mol. The van der Waals surface area contributed by atoms with E-state index in [1.165, 1.54) is 0 Å². The van der Waals surface area contributed by atoms with Crippen LogP contribution in [0.15, 0.2) is 121 Å². The Balaban J connectivity index is 1.85. The van der Waals surface area contributed by atoms with Gasteiger partial charge < -0.3 is 0 Å². The first-order valence-corrected chi connectivity index (χ1v) is 11.2. The Bertz CT molecular complexity index is 1240. The van der Waals surface area contributed by atoms with Gasteiger partial charge in [-0.05, 0) is 25.0 Å². The number of carbonyl (C=O) groups excluding carboxylic acids is 1. The molecule has 3 heteroatoms. The van der Waals surface area contributed by atoms with E-state index in [2.05, 4.69) is 98.3 Å². The minimum atomic E-state index is -0.814. The number of nitrogens with one attached hydrogen (secondary N) is 1. The summed E-state index contributed by atoms with van der Waals surface area (Å²) in [5, 5.41) is 0. The van der Waals surface area contributed by atoms with Crippen LogP contribution in [0.3, 0.4) is 0 Å². The van der Waals surface area contributed by atoms with Crippen LogP contribution < -0.4 is 10.0 Å². The van der Waals surface area contributed by atoms with Crippen LogP contribution in [0.1, 0.15) is 22.3 Å². The van der Waals surface area contributed by atoms with Gasteiger partial charge in [0, 0.05) is 24.3 Å². The summed E-state index contributed by atoms with van der Waals surface area (Å²) in [6, 6.07) is 37.4. The average Bonchev–Trinajstić information content (AvgIpc) is 3.23. The molecular formula is C30H27N2O+. The van der Waals surface area contributed by atoms with Crippen molar-refractivity contribution in [3.63, 3.8) is 0 Å². The summed E-state index contributed by atoms with van der Waals surface area (Å²) in [6.07, 6.45) is 3.06. The molecule has 0 aliphatic carbocycles. The molecule has 1 heterocycles. The number of rotatable bonds is 5. The van der Waals surface area contributed by atoms with Crippen molar-refractivity contribution < 1.29 is 4.79 Å². The highest BCUT2D eigenvalue weighted by Crippen LogP contribution is 2.48. The van der Waals surface area contributed by atoms with Crippen molar-refractivity contribution in [1.82, 2.24) is 10.0 Å². The van der Waals surface area contributed by atoms with Crippen LogP contribution in [0.25, 0.3) is 0 Å². The van der Waals surface area contributed by atoms with Crippen LogP contribution in [0.2, 0.25) is 0 Å². The van der Waals surface area contributed by atoms with Crippen molar-refractivity contribution in [3.05, 3.63) is 143 Å². The third-order valence-electron chi connectivity index (χ3n) is 6.47. The number of nitrogens with zero attached hydrogens (tertiary/aromatic N) is 1. The number of aldehydes is 1. The molecule has 1 aliphatic rings. The smallest absolute Gasteiger partial charge is 0.162 e. The van der Waals surface area contributed by atoms with Crippen molar-refractivity contribution in [2.24, 2.45) is 0 Å². The SMILES string of the molecule is Cc1cccc(C2(c3cccc(C)c3)N[N+](c3ccccc3)(c3ccccc3)C=C2C=O)c1. The van der Waals surface area contributed by atoms with Crippen LogP contribution in [0.5, 0.6) is 0 Å². The zero-order chi connectivity index (χ0) is 22.9. The summed E-state index contributed by atoms with van der Waals surface area (Å²) in [6.45, 7) is 4.17. The van der Waals surface area contributed by atoms with E-state index in [4.69, 9.17) is 0 Å². The lowest BCUT2D eigenvalue weighted by Crippen LogP contribution is -2.56. The molecule has 3 nitrogen and oxygen atoms in total. The van der Waals surface area contributed by atoms with E-state index >= 15 is 0 Å². The Morgan fingerprint density at radius 1 is 0.667 bits per heavy atom. The average molecular weight is 432 g/mol. The molecule has 0 amide bonds. The summed E-state index contributed by atoms with van der Waals surface area (Å²) in [5.74, 6) is 0. The maximum atomic E-state index is 12.8. The van der Waals surface area contributed by atoms with Crippen molar-refractivity contribution >= 4 is 17.7 Å². The Morgan fingerprint density at radius 2 is 1.15 bits per heavy atom. The van der Waals surface area contributed by atoms with Gasteiger partial charge in [-0.1, -0.05) is 96.1 Å². The summed E-state index contributed by atoms with van der Waals surface area (Å²) >= 11 is 0. The van der Waals surface area contributed by atoms with Crippen molar-refractivity contribution in [1.29, 1.82) is 0 Å². The zero-order valence-corrected chi connectivity index (χ0v) is 18.9. The molecule has 0 saturated carbocycles. The van der Waals surface area contributed by atoms with Gasteiger partial charge in [0.05, 0.1) is 5.57 Å². The highest BCUT2D eigenvalue weighted by Gasteiger charge is 2.54. The lowest BCUT2D eigenvalue weighted by atomic mass is 9.78. The van der Waals surface area contributed by atoms with Crippen LogP contribution in [-0.4, -0.2) is 6.29 Å². The standard InChI is InChI=1S/C30H27N2O/c1-23-11-9-13-25(19-23)30(26-14-10-12-24(2)20-26)27(22-33)21-32(31-30,28-15-5-3-6-16-28)29-17-7-4-8-18-29/h3-22,31H,1-2H3/q+1. The fourth-order valence-corrected chi connectivity index (χ4v) is 4.92. The molecule has 0 bridgehead atoms. The highest BCUT2D eigenvalue weighted by molar-refractivity contribution is 5.84. The molecule has 0 spiro atoms. The second-order valence-electron chi connectivity index (χ2n) is 8.70. The molecule has 0 fully saturated rings. The lowest BCUT2D eigenvalue weighted by Gasteiger charge is -2.37. The van der Waals surface area contributed by atoms with Gasteiger partial charge in [-0.2, -0.15) is 4.59 Å². The molecule has 4 aromatic rings. The molecule has 1 aliphatic heterocycles. The van der Waals surface area contributed by atoms with E-state index < -0.39 is 5.54 Å². The van der Waals surface area contributed by atoms with Crippen LogP contribution in [0, 0.1) is 13.8 Å². The molecule has 162 valence electrons. The Labute approximate surface area is 195 Å². The number of benzene rings is 4. The van der Waals surface area contributed by atoms with Gasteiger partial charge in [0.15, 0.2) is 23.2 Å². The summed E-state index contributed by atoms with van der Waals surface area (Å²) in [7, 11) is 0. The van der Waals surface area contributed by atoms with Crippen LogP contribution in [0.4, 0.5) is 11.4 Å². The third-order valence-corrected chi connectivity index (χ3v) is 6.47. The molecule has 1 N–H and O–H groups in total. The number of carbonyl (C=O) groups is 1. The second-order valence-corrected chi connectivity index (χ2v) is 8.70. The van der Waals surface area contributed by atoms with Crippen molar-refractivity contribution in [3.8, 4) is 0 Å². The fourth-order valence-electron chi connectivity index (χ4n) is 4.92. The molecule has 0 unspecified atom stereocenters. The number of aryl methyl sites for hydroxylation is 2. The third kappa shape index (κ3) is 3.43. The minimum absolute atomic E-state index is 0.234. The molecular weight excluding hydrogens is 404 g/mol. The minimum Gasteiger partial charge on any atom is -0.298 e. The van der Waals surface area contributed by atoms with Crippen molar-refractivity contribution in [2.75, 3.05) is 0 Å². The predicted octanol–water partition coefficient (Wildman–Crippen LogP) is 6.49. The van der Waals surface area contributed by atoms with E-state index in [0.29, 0.717) is 5.57 Å². The number of para-hydroxylation sites is 2. The quantitative estimate of drug-likeness (QED) is 0.289. The summed E-state index contributed by atoms with van der Waals surface area (Å²) < 4.78 is 0.234. The molecule has 5 rings (SSSR count). The van der Waals surface area contributed by atoms with E-state index in [1.807, 2.05) is 36.4 Å². The molecule has 0 aromatic heterocycles. The molecule has 33 heavy (non-hydrogen) atoms. The van der Waals surface area contributed by atoms with Crippen LogP contribution >= 0.6 is 0 Å². The van der Waals surface area contributed by atoms with Gasteiger partial charge in [0.2, 0.25) is 0 Å². The number of hydrogen-bond donors (Lipinski definition) is 1. The molecule has 0 radical (unpaired) electrons. The second kappa shape index (κ2) is 8.28. The van der Waals surface area contributed by atoms with Gasteiger partial charge in [-0.3, -0.25) is 4.79 Å². The summed E-state index contributed by atoms with van der Waals surface area (Å²) in [4.78, 5) is 12.8. The van der Waals surface area contributed by atoms with Gasteiger partial charge in [-0.25, -0.2) is 0 Å². The zero-order valence-electron chi connectivity index (χ0n) is 18.9. The highest BCUT2D eigenvalue weighted by atomic mass is 16.1. The first-order chi connectivity index (χ1) is 16.1. The van der Waals surface area contributed by atoms with Gasteiger partial charge in [0.25, 0.3) is 0 Å². The fraction of sp³-hybridized carbons (Fsp3) is 0.100. The Hall–Kier alpha value is -3.79. The van der Waals surface area contributed by atoms with Crippen LogP contribution in [-0.2, 0) is 10.3 Å². The molecule has 4 aromatic carbocycles. The van der Waals surface area contributed by atoms with E-state index in [0.717, 1.165) is 39.9 Å². The lowest BCUT2D eigenvalue weighted by molar-refractivity contribution is -0.105. The first-order valence-electron chi connectivity index (χ1n) is 11.2. The van der Waals surface area contributed by atoms with E-state index in [1.54, 1.807) is 0 Å². The van der Waals surface area contributed by atoms with Gasteiger partial charge in [0.1, 0.15) is 6.20 Å². The topological polar surface area (TPSA) is 29.1 Å². The maximum Gasteiger partial charge on any atom is 0.162 e.